The number of anilines is 1. The molecule has 156 valence electrons. The highest BCUT2D eigenvalue weighted by atomic mass is 35.5. The highest BCUT2D eigenvalue weighted by Crippen LogP contribution is 2.38. The average Bonchev–Trinajstić information content (AvgIpc) is 3.39. The molecule has 0 spiro atoms. The number of nitrogens with one attached hydrogen (secondary N) is 2. The lowest BCUT2D eigenvalue weighted by Gasteiger charge is -2.13. The number of hydrogen-bond acceptors (Lipinski definition) is 8. The topological polar surface area (TPSA) is 83.5 Å². The number of aromatic nitrogens is 1. The maximum absolute atomic E-state index is 12.6. The van der Waals surface area contributed by atoms with E-state index in [1.165, 1.54) is 22.7 Å². The first-order valence-corrected chi connectivity index (χ1v) is 12.9. The van der Waals surface area contributed by atoms with E-state index in [-0.39, 0.29) is 9.46 Å². The van der Waals surface area contributed by atoms with E-state index >= 15 is 0 Å². The predicted octanol–water partition coefficient (Wildman–Crippen LogP) is 5.20. The second-order valence-electron chi connectivity index (χ2n) is 6.40. The Morgan fingerprint density at radius 3 is 2.83 bits per heavy atom. The van der Waals surface area contributed by atoms with Crippen LogP contribution >= 0.6 is 46.9 Å². The Morgan fingerprint density at radius 1 is 1.30 bits per heavy atom. The van der Waals surface area contributed by atoms with Crippen molar-refractivity contribution in [3.63, 3.8) is 0 Å². The summed E-state index contributed by atoms with van der Waals surface area (Å²) in [5.74, 6) is 0. The van der Waals surface area contributed by atoms with Crippen LogP contribution in [-0.2, 0) is 10.0 Å². The van der Waals surface area contributed by atoms with Crippen molar-refractivity contribution < 1.29 is 8.42 Å². The molecule has 1 aliphatic heterocycles. The van der Waals surface area contributed by atoms with Gasteiger partial charge in [0.15, 0.2) is 5.29 Å². The Hall–Kier alpha value is -1.85. The van der Waals surface area contributed by atoms with Gasteiger partial charge in [0.05, 0.1) is 28.1 Å². The van der Waals surface area contributed by atoms with Gasteiger partial charge in [0.2, 0.25) is 0 Å². The van der Waals surface area contributed by atoms with E-state index in [9.17, 15) is 8.42 Å². The zero-order valence-corrected chi connectivity index (χ0v) is 19.8. The Bertz CT molecular complexity index is 1230. The van der Waals surface area contributed by atoms with E-state index in [4.69, 9.17) is 16.6 Å². The summed E-state index contributed by atoms with van der Waals surface area (Å²) in [5.41, 5.74) is 2.81. The monoisotopic (exact) mass is 496 g/mol. The molecule has 1 aromatic carbocycles. The summed E-state index contributed by atoms with van der Waals surface area (Å²) in [6.07, 6.45) is 1.94. The summed E-state index contributed by atoms with van der Waals surface area (Å²) in [5, 5.41) is 5.94. The van der Waals surface area contributed by atoms with Crippen molar-refractivity contribution in [2.45, 2.75) is 16.4 Å². The number of nitrogens with zero attached hydrogens (tertiary/aromatic N) is 2. The molecule has 30 heavy (non-hydrogen) atoms. The Kier molecular flexibility index (Phi) is 6.21. The average molecular weight is 497 g/mol. The molecule has 6 nitrogen and oxygen atoms in total. The maximum atomic E-state index is 12.6. The number of amidine groups is 1. The molecular formula is C19H17ClN4O2S4. The van der Waals surface area contributed by atoms with Crippen LogP contribution in [0.1, 0.15) is 22.1 Å². The molecule has 0 bridgehead atoms. The van der Waals surface area contributed by atoms with Crippen molar-refractivity contribution in [2.75, 3.05) is 11.3 Å². The molecule has 2 N–H and O–H groups in total. The normalized spacial score (nSPS) is 15.2. The number of thiophene rings is 1. The summed E-state index contributed by atoms with van der Waals surface area (Å²) < 4.78 is 28.1. The molecule has 0 fully saturated rings. The molecule has 1 aliphatic rings. The van der Waals surface area contributed by atoms with Crippen LogP contribution in [0, 0.1) is 0 Å². The molecule has 3 aromatic rings. The highest BCUT2D eigenvalue weighted by Gasteiger charge is 2.21. The van der Waals surface area contributed by atoms with Crippen LogP contribution in [-0.4, -0.2) is 25.2 Å². The van der Waals surface area contributed by atoms with E-state index in [1.807, 2.05) is 19.1 Å². The zero-order chi connectivity index (χ0) is 21.3. The molecule has 3 heterocycles. The van der Waals surface area contributed by atoms with Gasteiger partial charge in [0.25, 0.3) is 10.0 Å². The fourth-order valence-electron chi connectivity index (χ4n) is 2.81. The third kappa shape index (κ3) is 4.57. The van der Waals surface area contributed by atoms with Gasteiger partial charge < -0.3 is 5.32 Å². The molecule has 1 unspecified atom stereocenters. The van der Waals surface area contributed by atoms with Gasteiger partial charge >= 0.3 is 0 Å². The van der Waals surface area contributed by atoms with Gasteiger partial charge in [-0.15, -0.1) is 22.7 Å². The lowest BCUT2D eigenvalue weighted by molar-refractivity contribution is 0.603. The fraction of sp³-hybridized carbons (Fsp3) is 0.158. The minimum absolute atomic E-state index is 0.0451. The second-order valence-corrected chi connectivity index (χ2v) is 11.4. The van der Waals surface area contributed by atoms with Crippen molar-refractivity contribution in [1.82, 2.24) is 10.3 Å². The molecule has 0 amide bonds. The number of thiazole rings is 1. The predicted molar refractivity (Wildman–Crippen MR) is 129 cm³/mol. The smallest absolute Gasteiger partial charge is 0.271 e. The Balaban J connectivity index is 1.72. The molecule has 2 aromatic heterocycles. The largest absolute Gasteiger partial charge is 0.330 e. The number of rotatable bonds is 6. The first kappa shape index (κ1) is 21.4. The Morgan fingerprint density at radius 2 is 2.13 bits per heavy atom. The molecule has 11 heteroatoms. The van der Waals surface area contributed by atoms with E-state index in [1.54, 1.807) is 35.7 Å². The van der Waals surface area contributed by atoms with Crippen molar-refractivity contribution in [2.24, 2.45) is 4.99 Å². The maximum Gasteiger partial charge on any atom is 0.271 e. The molecule has 1 atom stereocenters. The molecule has 4 rings (SSSR count). The first-order chi connectivity index (χ1) is 14.3. The van der Waals surface area contributed by atoms with Gasteiger partial charge in [-0.2, -0.15) is 12.6 Å². The molecule has 0 aliphatic carbocycles. The summed E-state index contributed by atoms with van der Waals surface area (Å²) in [6, 6.07) is 10.5. The number of aliphatic imine (C=N–C) groups is 1. The van der Waals surface area contributed by atoms with Crippen LogP contribution in [0.25, 0.3) is 17.0 Å². The standard InChI is InChI=1S/C19H17ClN4O2S4/c1-11(27)18-23-16(17(29-18)14-7-8-21-19(20)22-14)12-4-2-5-13(10-12)24-30(25,26)15-6-3-9-28-15/h2-7,9-11,24,27H,8H2,1H3,(H,21,22). The molecule has 0 saturated carbocycles. The van der Waals surface area contributed by atoms with Crippen LogP contribution in [0.3, 0.4) is 0 Å². The Labute approximate surface area is 193 Å². The van der Waals surface area contributed by atoms with Gasteiger partial charge in [0.1, 0.15) is 9.22 Å². The second kappa shape index (κ2) is 8.72. The molecular weight excluding hydrogens is 480 g/mol. The third-order valence-electron chi connectivity index (χ3n) is 4.16. The van der Waals surface area contributed by atoms with Gasteiger partial charge in [0, 0.05) is 11.3 Å². The van der Waals surface area contributed by atoms with Gasteiger partial charge in [-0.05, 0) is 48.2 Å². The van der Waals surface area contributed by atoms with E-state index in [0.29, 0.717) is 17.5 Å². The lowest BCUT2D eigenvalue weighted by Crippen LogP contribution is -2.20. The zero-order valence-electron chi connectivity index (χ0n) is 15.7. The van der Waals surface area contributed by atoms with Crippen molar-refractivity contribution in [3.05, 3.63) is 57.7 Å². The van der Waals surface area contributed by atoms with E-state index < -0.39 is 10.0 Å². The van der Waals surface area contributed by atoms with Crippen LogP contribution < -0.4 is 10.0 Å². The third-order valence-corrected chi connectivity index (χ3v) is 8.84. The minimum Gasteiger partial charge on any atom is -0.330 e. The van der Waals surface area contributed by atoms with Gasteiger partial charge in [-0.3, -0.25) is 9.71 Å². The molecule has 0 radical (unpaired) electrons. The summed E-state index contributed by atoms with van der Waals surface area (Å²) in [6.45, 7) is 2.43. The molecule has 0 saturated heterocycles. The summed E-state index contributed by atoms with van der Waals surface area (Å²) >= 11 is 13.3. The van der Waals surface area contributed by atoms with Crippen molar-refractivity contribution in [1.29, 1.82) is 0 Å². The SMILES string of the molecule is CC(S)c1nc(-c2cccc(NS(=O)(=O)c3cccs3)c2)c(C2=CCN=C(Cl)N2)s1. The van der Waals surface area contributed by atoms with Crippen LogP contribution in [0.5, 0.6) is 0 Å². The van der Waals surface area contributed by atoms with Crippen molar-refractivity contribution >= 4 is 73.6 Å². The van der Waals surface area contributed by atoms with Gasteiger partial charge in [-0.25, -0.2) is 13.4 Å². The number of benzene rings is 1. The lowest BCUT2D eigenvalue weighted by atomic mass is 10.1. The van der Waals surface area contributed by atoms with E-state index in [0.717, 1.165) is 26.8 Å². The van der Waals surface area contributed by atoms with Crippen LogP contribution in [0.2, 0.25) is 0 Å². The van der Waals surface area contributed by atoms with Crippen molar-refractivity contribution in [3.8, 4) is 11.3 Å². The number of hydrogen-bond donors (Lipinski definition) is 3. The highest BCUT2D eigenvalue weighted by molar-refractivity contribution is 7.94. The first-order valence-electron chi connectivity index (χ1n) is 8.86. The number of halogens is 1. The van der Waals surface area contributed by atoms with Gasteiger partial charge in [-0.1, -0.05) is 18.2 Å². The van der Waals surface area contributed by atoms with E-state index in [2.05, 4.69) is 27.7 Å². The minimum atomic E-state index is -3.63. The summed E-state index contributed by atoms with van der Waals surface area (Å²) in [7, 11) is -3.63. The van der Waals surface area contributed by atoms with Crippen LogP contribution in [0.4, 0.5) is 5.69 Å². The fourth-order valence-corrected chi connectivity index (χ4v) is 6.26. The van der Waals surface area contributed by atoms with Crippen LogP contribution in [0.15, 0.2) is 57.1 Å². The summed E-state index contributed by atoms with van der Waals surface area (Å²) in [4.78, 5) is 9.79. The number of thiol groups is 1. The number of sulfonamides is 1. The quantitative estimate of drug-likeness (QED) is 0.323.